The van der Waals surface area contributed by atoms with Crippen LogP contribution in [0.1, 0.15) is 6.42 Å². The first kappa shape index (κ1) is 9.11. The molecule has 0 rings (SSSR count). The van der Waals surface area contributed by atoms with Gasteiger partial charge in [0, 0.05) is 6.42 Å². The monoisotopic (exact) mass is 158 g/mol. The van der Waals surface area contributed by atoms with Gasteiger partial charge in [-0.25, -0.2) is 14.6 Å². The zero-order valence-corrected chi connectivity index (χ0v) is 6.04. The summed E-state index contributed by atoms with van der Waals surface area (Å²) in [6, 6.07) is 0. The molecule has 0 spiro atoms. The van der Waals surface area contributed by atoms with Crippen LogP contribution in [-0.4, -0.2) is 24.1 Å². The van der Waals surface area contributed by atoms with Crippen molar-refractivity contribution >= 4 is 24.8 Å². The molecule has 4 nitrogen and oxygen atoms in total. The van der Waals surface area contributed by atoms with Gasteiger partial charge in [0.25, 0.3) is 0 Å². The van der Waals surface area contributed by atoms with E-state index < -0.39 is 5.37 Å². The molecule has 0 aromatic carbocycles. The summed E-state index contributed by atoms with van der Waals surface area (Å²) < 4.78 is 0. The Kier molecular flexibility index (Phi) is 5.68. The number of carbonyl (C=O) groups excluding carboxylic acids is 2. The van der Waals surface area contributed by atoms with Crippen molar-refractivity contribution in [2.45, 2.75) is 11.8 Å². The van der Waals surface area contributed by atoms with Crippen molar-refractivity contribution in [2.75, 3.05) is 6.54 Å². The maximum atomic E-state index is 9.60. The second-order valence-corrected chi connectivity index (χ2v) is 2.06. The Balaban J connectivity index is 3.48. The number of thiol groups is 1. The number of nitrogens with zero attached hydrogens (tertiary/aromatic N) is 2. The highest BCUT2D eigenvalue weighted by molar-refractivity contribution is 7.80. The van der Waals surface area contributed by atoms with Crippen molar-refractivity contribution in [2.24, 2.45) is 9.98 Å². The maximum absolute atomic E-state index is 9.60. The molecular formula is C5H6N2O2S. The Morgan fingerprint density at radius 2 is 2.10 bits per heavy atom. The fourth-order valence-electron chi connectivity index (χ4n) is 0.351. The summed E-state index contributed by atoms with van der Waals surface area (Å²) in [6.07, 6.45) is 3.17. The number of rotatable bonds is 4. The zero-order valence-electron chi connectivity index (χ0n) is 5.15. The molecule has 0 heterocycles. The van der Waals surface area contributed by atoms with Crippen LogP contribution < -0.4 is 0 Å². The van der Waals surface area contributed by atoms with Crippen LogP contribution in [-0.2, 0) is 9.59 Å². The van der Waals surface area contributed by atoms with Gasteiger partial charge >= 0.3 is 0 Å². The first-order valence-corrected chi connectivity index (χ1v) is 3.11. The highest BCUT2D eigenvalue weighted by Crippen LogP contribution is 2.00. The third-order valence-corrected chi connectivity index (χ3v) is 1.14. The van der Waals surface area contributed by atoms with Crippen molar-refractivity contribution < 1.29 is 9.59 Å². The molecule has 5 heteroatoms. The smallest absolute Gasteiger partial charge is 0.211 e. The normalized spacial score (nSPS) is 10.9. The molecule has 0 bridgehead atoms. The largest absolute Gasteiger partial charge is 0.236 e. The number of isocyanates is 2. The van der Waals surface area contributed by atoms with E-state index in [4.69, 9.17) is 0 Å². The van der Waals surface area contributed by atoms with Gasteiger partial charge in [-0.15, -0.1) is 0 Å². The Morgan fingerprint density at radius 1 is 1.40 bits per heavy atom. The Morgan fingerprint density at radius 3 is 2.60 bits per heavy atom. The zero-order chi connectivity index (χ0) is 7.82. The van der Waals surface area contributed by atoms with Crippen LogP contribution in [0.15, 0.2) is 9.98 Å². The van der Waals surface area contributed by atoms with Crippen molar-refractivity contribution in [3.8, 4) is 0 Å². The van der Waals surface area contributed by atoms with E-state index in [0.717, 1.165) is 0 Å². The van der Waals surface area contributed by atoms with E-state index in [0.29, 0.717) is 13.0 Å². The molecule has 0 fully saturated rings. The highest BCUT2D eigenvalue weighted by atomic mass is 32.1. The first-order chi connectivity index (χ1) is 4.81. The summed E-state index contributed by atoms with van der Waals surface area (Å²) in [6.45, 7) is 0.294. The van der Waals surface area contributed by atoms with Crippen molar-refractivity contribution in [3.05, 3.63) is 0 Å². The molecule has 0 aromatic heterocycles. The van der Waals surface area contributed by atoms with E-state index in [9.17, 15) is 9.59 Å². The summed E-state index contributed by atoms with van der Waals surface area (Å²) in [5.74, 6) is 0. The molecule has 0 aromatic rings. The Hall–Kier alpha value is -0.890. The van der Waals surface area contributed by atoms with Crippen LogP contribution in [0.2, 0.25) is 0 Å². The fourth-order valence-corrected chi connectivity index (χ4v) is 0.514. The van der Waals surface area contributed by atoms with E-state index in [1.165, 1.54) is 12.2 Å². The molecule has 0 radical (unpaired) electrons. The van der Waals surface area contributed by atoms with Gasteiger partial charge in [0.05, 0.1) is 6.54 Å². The summed E-state index contributed by atoms with van der Waals surface area (Å²) in [4.78, 5) is 25.6. The highest BCUT2D eigenvalue weighted by Gasteiger charge is 1.96. The van der Waals surface area contributed by atoms with Gasteiger partial charge in [-0.05, 0) is 0 Å². The lowest BCUT2D eigenvalue weighted by molar-refractivity contribution is 0.560. The van der Waals surface area contributed by atoms with Gasteiger partial charge < -0.3 is 0 Å². The van der Waals surface area contributed by atoms with E-state index in [1.54, 1.807) is 0 Å². The average Bonchev–Trinajstić information content (AvgIpc) is 1.89. The lowest BCUT2D eigenvalue weighted by Gasteiger charge is -1.95. The third-order valence-electron chi connectivity index (χ3n) is 0.765. The number of hydrogen-bond acceptors (Lipinski definition) is 5. The van der Waals surface area contributed by atoms with E-state index in [2.05, 4.69) is 22.6 Å². The quantitative estimate of drug-likeness (QED) is 0.363. The van der Waals surface area contributed by atoms with E-state index in [1.807, 2.05) is 0 Å². The summed E-state index contributed by atoms with van der Waals surface area (Å²) in [7, 11) is 0. The van der Waals surface area contributed by atoms with Crippen LogP contribution >= 0.6 is 12.6 Å². The van der Waals surface area contributed by atoms with Crippen molar-refractivity contribution in [1.29, 1.82) is 0 Å². The summed E-state index contributed by atoms with van der Waals surface area (Å²) in [5, 5.41) is -0.408. The fraction of sp³-hybridized carbons (Fsp3) is 0.600. The molecule has 0 aliphatic carbocycles. The van der Waals surface area contributed by atoms with Gasteiger partial charge in [-0.2, -0.15) is 17.6 Å². The molecule has 1 atom stereocenters. The third kappa shape index (κ3) is 5.25. The predicted molar refractivity (Wildman–Crippen MR) is 38.5 cm³/mol. The number of aliphatic imine (C=N–C) groups is 2. The van der Waals surface area contributed by atoms with Crippen molar-refractivity contribution in [1.82, 2.24) is 0 Å². The summed E-state index contributed by atoms with van der Waals surface area (Å²) >= 11 is 3.86. The minimum absolute atomic E-state index is 0.294. The van der Waals surface area contributed by atoms with Gasteiger partial charge in [0.1, 0.15) is 5.37 Å². The molecule has 0 saturated carbocycles. The lowest BCUT2D eigenvalue weighted by Crippen LogP contribution is -1.95. The molecular weight excluding hydrogens is 152 g/mol. The van der Waals surface area contributed by atoms with Crippen LogP contribution in [0.4, 0.5) is 0 Å². The van der Waals surface area contributed by atoms with Crippen LogP contribution in [0, 0.1) is 0 Å². The SMILES string of the molecule is O=C=NCCC(S)N=C=O. The molecule has 54 valence electrons. The average molecular weight is 158 g/mol. The number of hydrogen-bond donors (Lipinski definition) is 1. The van der Waals surface area contributed by atoms with Crippen LogP contribution in [0.25, 0.3) is 0 Å². The second kappa shape index (κ2) is 6.23. The lowest BCUT2D eigenvalue weighted by atomic mass is 10.4. The second-order valence-electron chi connectivity index (χ2n) is 1.46. The molecule has 1 unspecified atom stereocenters. The van der Waals surface area contributed by atoms with E-state index in [-0.39, 0.29) is 0 Å². The molecule has 0 aliphatic rings. The van der Waals surface area contributed by atoms with Gasteiger partial charge in [-0.3, -0.25) is 0 Å². The minimum Gasteiger partial charge on any atom is -0.211 e. The first-order valence-electron chi connectivity index (χ1n) is 2.60. The summed E-state index contributed by atoms with van der Waals surface area (Å²) in [5.41, 5.74) is 0. The standard InChI is InChI=1S/C5H6N2O2S/c8-3-6-2-1-5(10)7-4-9/h5,10H,1-2H2. The Labute approximate surface area is 63.5 Å². The van der Waals surface area contributed by atoms with Crippen LogP contribution in [0.3, 0.4) is 0 Å². The van der Waals surface area contributed by atoms with Gasteiger partial charge in [0.15, 0.2) is 0 Å². The van der Waals surface area contributed by atoms with Crippen LogP contribution in [0.5, 0.6) is 0 Å². The topological polar surface area (TPSA) is 58.9 Å². The predicted octanol–water partition coefficient (Wildman–Crippen LogP) is 0.304. The molecule has 10 heavy (non-hydrogen) atoms. The van der Waals surface area contributed by atoms with E-state index >= 15 is 0 Å². The van der Waals surface area contributed by atoms with Crippen molar-refractivity contribution in [3.63, 3.8) is 0 Å². The maximum Gasteiger partial charge on any atom is 0.236 e. The molecule has 0 aliphatic heterocycles. The van der Waals surface area contributed by atoms with Gasteiger partial charge in [-0.1, -0.05) is 0 Å². The molecule has 0 amide bonds. The van der Waals surface area contributed by atoms with Gasteiger partial charge in [0.2, 0.25) is 12.2 Å². The molecule has 0 N–H and O–H groups in total. The Bertz CT molecular complexity index is 182. The molecule has 0 saturated heterocycles. The minimum atomic E-state index is -0.408.